The van der Waals surface area contributed by atoms with Gasteiger partial charge in [-0.1, -0.05) is 24.3 Å². The van der Waals surface area contributed by atoms with Gasteiger partial charge in [0.05, 0.1) is 6.54 Å². The van der Waals surface area contributed by atoms with Crippen LogP contribution < -0.4 is 9.64 Å². The molecule has 178 valence electrons. The highest BCUT2D eigenvalue weighted by molar-refractivity contribution is 5.49. The number of nitrogens with zero attached hydrogens (tertiary/aromatic N) is 1. The summed E-state index contributed by atoms with van der Waals surface area (Å²) in [7, 11) is 0. The van der Waals surface area contributed by atoms with E-state index in [9.17, 15) is 44.6 Å². The minimum absolute atomic E-state index is 0.0663. The van der Waals surface area contributed by atoms with Crippen molar-refractivity contribution in [2.24, 2.45) is 0 Å². The molecule has 2 aromatic carbocycles. The van der Waals surface area contributed by atoms with Crippen molar-refractivity contribution in [3.05, 3.63) is 59.7 Å². The van der Waals surface area contributed by atoms with Crippen LogP contribution in [0.15, 0.2) is 48.5 Å². The summed E-state index contributed by atoms with van der Waals surface area (Å²) in [6.45, 7) is 0.0312. The maximum atomic E-state index is 13.6. The molecule has 0 aliphatic carbocycles. The maximum absolute atomic E-state index is 13.6. The lowest BCUT2D eigenvalue weighted by atomic mass is 10.1. The predicted octanol–water partition coefficient (Wildman–Crippen LogP) is 5.80. The molecule has 32 heavy (non-hydrogen) atoms. The number of ether oxygens (including phenoxy) is 1. The van der Waals surface area contributed by atoms with Crippen LogP contribution in [0.3, 0.4) is 0 Å². The molecular weight excluding hydrogens is 457 g/mol. The fraction of sp³-hybridized carbons (Fsp3) is 0.400. The third-order valence-electron chi connectivity index (χ3n) is 4.34. The first kappa shape index (κ1) is 25.6. The molecule has 12 heteroatoms. The Kier molecular flexibility index (Phi) is 7.59. The number of hydrogen-bond donors (Lipinski definition) is 1. The molecule has 0 spiro atoms. The van der Waals surface area contributed by atoms with Gasteiger partial charge in [0.15, 0.2) is 0 Å². The summed E-state index contributed by atoms with van der Waals surface area (Å²) >= 11 is 0. The van der Waals surface area contributed by atoms with Crippen molar-refractivity contribution in [1.29, 1.82) is 0 Å². The van der Waals surface area contributed by atoms with Crippen molar-refractivity contribution in [2.75, 3.05) is 11.4 Å². The van der Waals surface area contributed by atoms with Crippen LogP contribution in [0.2, 0.25) is 0 Å². The van der Waals surface area contributed by atoms with Crippen LogP contribution in [-0.2, 0) is 6.54 Å². The molecule has 0 unspecified atom stereocenters. The second kappa shape index (κ2) is 9.47. The first-order valence-electron chi connectivity index (χ1n) is 9.01. The number of halogens is 9. The number of hydrogen-bond acceptors (Lipinski definition) is 3. The zero-order valence-corrected chi connectivity index (χ0v) is 16.4. The molecular formula is C20H18F9NO2. The second-order valence-corrected chi connectivity index (χ2v) is 6.97. The van der Waals surface area contributed by atoms with E-state index in [4.69, 9.17) is 0 Å². The number of alkyl halides is 9. The van der Waals surface area contributed by atoms with Crippen molar-refractivity contribution in [3.8, 4) is 5.75 Å². The molecule has 0 aliphatic heterocycles. The predicted molar refractivity (Wildman–Crippen MR) is 97.3 cm³/mol. The van der Waals surface area contributed by atoms with E-state index < -0.39 is 49.6 Å². The van der Waals surface area contributed by atoms with Crippen LogP contribution in [0.25, 0.3) is 0 Å². The van der Waals surface area contributed by atoms with E-state index in [1.54, 1.807) is 13.0 Å². The SMILES string of the molecule is Cc1cccc(N(Cc2cccc(OC(F)(F)C(F)F)c2)C[C@@H](O)C(F)(F)C(F)(F)F)c1. The van der Waals surface area contributed by atoms with Crippen LogP contribution in [0, 0.1) is 6.92 Å². The molecule has 0 aliphatic rings. The largest absolute Gasteiger partial charge is 0.461 e. The number of aryl methyl sites for hydroxylation is 1. The zero-order valence-electron chi connectivity index (χ0n) is 16.4. The molecule has 0 bridgehead atoms. The molecule has 1 N–H and O–H groups in total. The Balaban J connectivity index is 2.33. The third-order valence-corrected chi connectivity index (χ3v) is 4.34. The number of rotatable bonds is 9. The van der Waals surface area contributed by atoms with Crippen molar-refractivity contribution in [2.45, 2.75) is 44.2 Å². The van der Waals surface area contributed by atoms with Crippen LogP contribution in [0.1, 0.15) is 11.1 Å². The van der Waals surface area contributed by atoms with Gasteiger partial charge in [-0.2, -0.15) is 39.5 Å². The Labute approximate surface area is 177 Å². The van der Waals surface area contributed by atoms with Crippen molar-refractivity contribution in [1.82, 2.24) is 0 Å². The minimum atomic E-state index is -6.00. The van der Waals surface area contributed by atoms with E-state index in [0.29, 0.717) is 5.56 Å². The van der Waals surface area contributed by atoms with Gasteiger partial charge in [-0.25, -0.2) is 0 Å². The van der Waals surface area contributed by atoms with Gasteiger partial charge < -0.3 is 14.7 Å². The number of aliphatic hydroxyl groups excluding tert-OH is 1. The molecule has 0 heterocycles. The Morgan fingerprint density at radius 3 is 2.12 bits per heavy atom. The van der Waals surface area contributed by atoms with Crippen LogP contribution in [0.4, 0.5) is 45.2 Å². The maximum Gasteiger partial charge on any atom is 0.461 e. The van der Waals surface area contributed by atoms with Gasteiger partial charge in [0.1, 0.15) is 11.9 Å². The first-order valence-corrected chi connectivity index (χ1v) is 9.01. The van der Waals surface area contributed by atoms with Gasteiger partial charge in [-0.15, -0.1) is 0 Å². The summed E-state index contributed by atoms with van der Waals surface area (Å²) < 4.78 is 120. The summed E-state index contributed by atoms with van der Waals surface area (Å²) in [4.78, 5) is 0.974. The number of anilines is 1. The summed E-state index contributed by atoms with van der Waals surface area (Å²) in [6.07, 6.45) is -18.1. The lowest BCUT2D eigenvalue weighted by Gasteiger charge is -2.32. The van der Waals surface area contributed by atoms with Gasteiger partial charge in [0.2, 0.25) is 0 Å². The second-order valence-electron chi connectivity index (χ2n) is 6.97. The molecule has 3 nitrogen and oxygen atoms in total. The van der Waals surface area contributed by atoms with Gasteiger partial charge >= 0.3 is 24.6 Å². The lowest BCUT2D eigenvalue weighted by molar-refractivity contribution is -0.311. The normalized spacial score (nSPS) is 13.9. The molecule has 0 amide bonds. The van der Waals surface area contributed by atoms with Crippen molar-refractivity contribution < 1.29 is 49.4 Å². The average Bonchev–Trinajstić information content (AvgIpc) is 2.66. The van der Waals surface area contributed by atoms with E-state index in [2.05, 4.69) is 4.74 Å². The van der Waals surface area contributed by atoms with Crippen molar-refractivity contribution >= 4 is 5.69 Å². The average molecular weight is 475 g/mol. The monoisotopic (exact) mass is 475 g/mol. The fourth-order valence-electron chi connectivity index (χ4n) is 2.73. The lowest BCUT2D eigenvalue weighted by Crippen LogP contribution is -2.51. The standard InChI is InChI=1S/C20H18F9NO2/c1-12-4-2-6-14(8-12)30(11-16(31)18(23,24)20(27,28)29)10-13-5-3-7-15(9-13)32-19(25,26)17(21)22/h2-9,16-17,31H,10-11H2,1H3/t16-/m1/s1. The van der Waals surface area contributed by atoms with Gasteiger partial charge in [-0.3, -0.25) is 0 Å². The van der Waals surface area contributed by atoms with Gasteiger partial charge in [0.25, 0.3) is 0 Å². The van der Waals surface area contributed by atoms with Gasteiger partial charge in [0, 0.05) is 12.2 Å². The Hall–Kier alpha value is -2.63. The molecule has 0 aromatic heterocycles. The minimum Gasteiger partial charge on any atom is -0.428 e. The van der Waals surface area contributed by atoms with Crippen LogP contribution >= 0.6 is 0 Å². The molecule has 2 aromatic rings. The molecule has 0 saturated carbocycles. The van der Waals surface area contributed by atoms with Crippen LogP contribution in [0.5, 0.6) is 5.75 Å². The van der Waals surface area contributed by atoms with E-state index in [0.717, 1.165) is 23.1 Å². The quantitative estimate of drug-likeness (QED) is 0.466. The summed E-state index contributed by atoms with van der Waals surface area (Å²) in [5.41, 5.74) is 0.848. The zero-order chi connectivity index (χ0) is 24.3. The number of benzene rings is 2. The van der Waals surface area contributed by atoms with E-state index in [1.165, 1.54) is 24.3 Å². The highest BCUT2D eigenvalue weighted by Gasteiger charge is 2.62. The molecule has 2 rings (SSSR count). The Morgan fingerprint density at radius 2 is 1.56 bits per heavy atom. The van der Waals surface area contributed by atoms with E-state index >= 15 is 0 Å². The summed E-state index contributed by atoms with van der Waals surface area (Å²) in [5.74, 6) is -6.09. The van der Waals surface area contributed by atoms with Crippen molar-refractivity contribution in [3.63, 3.8) is 0 Å². The molecule has 0 fully saturated rings. The first-order chi connectivity index (χ1) is 14.6. The highest BCUT2D eigenvalue weighted by Crippen LogP contribution is 2.39. The summed E-state index contributed by atoms with van der Waals surface area (Å²) in [6, 6.07) is 10.3. The smallest absolute Gasteiger partial charge is 0.428 e. The van der Waals surface area contributed by atoms with Gasteiger partial charge in [-0.05, 0) is 42.3 Å². The fourth-order valence-corrected chi connectivity index (χ4v) is 2.73. The van der Waals surface area contributed by atoms with E-state index in [1.807, 2.05) is 0 Å². The Morgan fingerprint density at radius 1 is 0.938 bits per heavy atom. The highest BCUT2D eigenvalue weighted by atomic mass is 19.4. The Bertz CT molecular complexity index is 903. The molecule has 0 saturated heterocycles. The van der Waals surface area contributed by atoms with Crippen LogP contribution in [-0.4, -0.2) is 42.4 Å². The summed E-state index contributed by atoms with van der Waals surface area (Å²) in [5, 5.41) is 9.64. The molecule has 1 atom stereocenters. The third kappa shape index (κ3) is 6.21. The van der Waals surface area contributed by atoms with E-state index in [-0.39, 0.29) is 11.3 Å². The topological polar surface area (TPSA) is 32.7 Å². The number of aliphatic hydroxyl groups is 1. The molecule has 0 radical (unpaired) electrons.